The van der Waals surface area contributed by atoms with Gasteiger partial charge in [0.05, 0.1) is 36.9 Å². The van der Waals surface area contributed by atoms with Crippen molar-refractivity contribution in [2.24, 2.45) is 0 Å². The van der Waals surface area contributed by atoms with Crippen LogP contribution in [0, 0.1) is 6.92 Å². The van der Waals surface area contributed by atoms with Gasteiger partial charge in [-0.25, -0.2) is 9.48 Å². The van der Waals surface area contributed by atoms with Gasteiger partial charge in [0.1, 0.15) is 17.3 Å². The highest BCUT2D eigenvalue weighted by Gasteiger charge is 2.22. The standard InChI is InChI=1S/C23H27N3O4/c1-14-7-8-16(30-6)12-19(14)26-21(13-20(25-26)23(2,3)4)24-18-10-9-15(29-5)11-17(18)22(27)28/h7-13,24H,1-6H3,(H,27,28). The van der Waals surface area contributed by atoms with Crippen molar-refractivity contribution in [3.05, 3.63) is 59.3 Å². The number of aromatic nitrogens is 2. The molecule has 0 saturated carbocycles. The quantitative estimate of drug-likeness (QED) is 0.600. The van der Waals surface area contributed by atoms with Gasteiger partial charge in [-0.3, -0.25) is 0 Å². The molecule has 0 radical (unpaired) electrons. The highest BCUT2D eigenvalue weighted by atomic mass is 16.5. The second-order valence-corrected chi connectivity index (χ2v) is 8.07. The summed E-state index contributed by atoms with van der Waals surface area (Å²) in [6, 6.07) is 12.6. The lowest BCUT2D eigenvalue weighted by molar-refractivity contribution is 0.0697. The van der Waals surface area contributed by atoms with Crippen molar-refractivity contribution in [2.45, 2.75) is 33.1 Å². The Kier molecular flexibility index (Phi) is 5.73. The second kappa shape index (κ2) is 8.10. The van der Waals surface area contributed by atoms with Gasteiger partial charge in [-0.1, -0.05) is 26.8 Å². The number of carboxylic acid groups (broad SMARTS) is 1. The van der Waals surface area contributed by atoms with Crippen LogP contribution in [0.25, 0.3) is 5.69 Å². The molecule has 0 bridgehead atoms. The zero-order valence-corrected chi connectivity index (χ0v) is 18.1. The lowest BCUT2D eigenvalue weighted by Gasteiger charge is -2.15. The smallest absolute Gasteiger partial charge is 0.337 e. The van der Waals surface area contributed by atoms with E-state index < -0.39 is 5.97 Å². The molecule has 1 aromatic heterocycles. The van der Waals surface area contributed by atoms with Crippen LogP contribution in [-0.2, 0) is 5.41 Å². The molecule has 0 spiro atoms. The van der Waals surface area contributed by atoms with Crippen molar-refractivity contribution in [3.8, 4) is 17.2 Å². The number of nitrogens with zero attached hydrogens (tertiary/aromatic N) is 2. The number of aryl methyl sites for hydroxylation is 1. The molecule has 30 heavy (non-hydrogen) atoms. The Hall–Kier alpha value is -3.48. The summed E-state index contributed by atoms with van der Waals surface area (Å²) in [4.78, 5) is 11.8. The Balaban J connectivity index is 2.16. The Bertz CT molecular complexity index is 1080. The van der Waals surface area contributed by atoms with Crippen molar-refractivity contribution in [1.82, 2.24) is 9.78 Å². The molecule has 2 aromatic carbocycles. The van der Waals surface area contributed by atoms with E-state index in [2.05, 4.69) is 26.1 Å². The van der Waals surface area contributed by atoms with Crippen LogP contribution in [0.3, 0.4) is 0 Å². The first-order valence-electron chi connectivity index (χ1n) is 9.58. The molecule has 1 heterocycles. The third-order valence-electron chi connectivity index (χ3n) is 4.84. The molecule has 0 saturated heterocycles. The highest BCUT2D eigenvalue weighted by molar-refractivity contribution is 5.95. The predicted octanol–water partition coefficient (Wildman–Crippen LogP) is 4.94. The van der Waals surface area contributed by atoms with Gasteiger partial charge in [-0.05, 0) is 36.8 Å². The van der Waals surface area contributed by atoms with Gasteiger partial charge in [-0.15, -0.1) is 0 Å². The number of hydrogen-bond acceptors (Lipinski definition) is 5. The van der Waals surface area contributed by atoms with E-state index in [4.69, 9.17) is 14.6 Å². The zero-order valence-electron chi connectivity index (χ0n) is 18.1. The van der Waals surface area contributed by atoms with Gasteiger partial charge in [0.15, 0.2) is 0 Å². The molecule has 0 aliphatic carbocycles. The van der Waals surface area contributed by atoms with Crippen LogP contribution < -0.4 is 14.8 Å². The van der Waals surface area contributed by atoms with E-state index in [1.807, 2.05) is 31.2 Å². The van der Waals surface area contributed by atoms with Crippen LogP contribution in [0.15, 0.2) is 42.5 Å². The number of nitrogens with one attached hydrogen (secondary N) is 1. The molecular weight excluding hydrogens is 382 g/mol. The minimum atomic E-state index is -1.05. The SMILES string of the molecule is COc1ccc(Nc2cc(C(C)(C)C)nn2-c2cc(OC)ccc2C)c(C(=O)O)c1. The van der Waals surface area contributed by atoms with E-state index in [9.17, 15) is 9.90 Å². The van der Waals surface area contributed by atoms with E-state index in [1.54, 1.807) is 23.9 Å². The summed E-state index contributed by atoms with van der Waals surface area (Å²) in [7, 11) is 3.12. The lowest BCUT2D eigenvalue weighted by Crippen LogP contribution is -2.13. The molecule has 0 fully saturated rings. The summed E-state index contributed by atoms with van der Waals surface area (Å²) >= 11 is 0. The maximum atomic E-state index is 11.8. The minimum Gasteiger partial charge on any atom is -0.497 e. The third-order valence-corrected chi connectivity index (χ3v) is 4.84. The molecule has 158 valence electrons. The average molecular weight is 409 g/mol. The third kappa shape index (κ3) is 4.25. The number of methoxy groups -OCH3 is 2. The van der Waals surface area contributed by atoms with Gasteiger partial charge in [0.2, 0.25) is 0 Å². The van der Waals surface area contributed by atoms with Crippen molar-refractivity contribution < 1.29 is 19.4 Å². The summed E-state index contributed by atoms with van der Waals surface area (Å²) in [5.41, 5.74) is 3.10. The van der Waals surface area contributed by atoms with E-state index in [0.29, 0.717) is 23.0 Å². The largest absolute Gasteiger partial charge is 0.497 e. The molecule has 3 aromatic rings. The maximum absolute atomic E-state index is 11.8. The molecule has 3 rings (SSSR count). The fraction of sp³-hybridized carbons (Fsp3) is 0.304. The molecule has 7 nitrogen and oxygen atoms in total. The van der Waals surface area contributed by atoms with Gasteiger partial charge < -0.3 is 19.9 Å². The van der Waals surface area contributed by atoms with Gasteiger partial charge in [-0.2, -0.15) is 5.10 Å². The summed E-state index contributed by atoms with van der Waals surface area (Å²) in [5.74, 6) is 0.801. The van der Waals surface area contributed by atoms with Gasteiger partial charge in [0.25, 0.3) is 0 Å². The summed E-state index contributed by atoms with van der Waals surface area (Å²) < 4.78 is 12.3. The Labute approximate surface area is 176 Å². The Morgan fingerprint density at radius 1 is 1.03 bits per heavy atom. The number of carbonyl (C=O) groups is 1. The van der Waals surface area contributed by atoms with Gasteiger partial charge in [0, 0.05) is 17.5 Å². The van der Waals surface area contributed by atoms with E-state index >= 15 is 0 Å². The van der Waals surface area contributed by atoms with E-state index in [-0.39, 0.29) is 11.0 Å². The monoisotopic (exact) mass is 409 g/mol. The first kappa shape index (κ1) is 21.2. The number of ether oxygens (including phenoxy) is 2. The number of hydrogen-bond donors (Lipinski definition) is 2. The predicted molar refractivity (Wildman–Crippen MR) is 117 cm³/mol. The number of rotatable bonds is 6. The fourth-order valence-electron chi connectivity index (χ4n) is 3.04. The topological polar surface area (TPSA) is 85.6 Å². The first-order valence-corrected chi connectivity index (χ1v) is 9.58. The molecule has 0 unspecified atom stereocenters. The van der Waals surface area contributed by atoms with Crippen LogP contribution in [0.4, 0.5) is 11.5 Å². The molecule has 0 amide bonds. The summed E-state index contributed by atoms with van der Waals surface area (Å²) in [6.45, 7) is 8.24. The minimum absolute atomic E-state index is 0.113. The van der Waals surface area contributed by atoms with E-state index in [1.165, 1.54) is 13.2 Å². The number of anilines is 2. The highest BCUT2D eigenvalue weighted by Crippen LogP contribution is 2.32. The summed E-state index contributed by atoms with van der Waals surface area (Å²) in [6.07, 6.45) is 0. The second-order valence-electron chi connectivity index (χ2n) is 8.07. The van der Waals surface area contributed by atoms with Crippen LogP contribution in [0.5, 0.6) is 11.5 Å². The fourth-order valence-corrected chi connectivity index (χ4v) is 3.04. The average Bonchev–Trinajstić information content (AvgIpc) is 3.12. The molecule has 0 aliphatic heterocycles. The van der Waals surface area contributed by atoms with Crippen LogP contribution >= 0.6 is 0 Å². The number of benzene rings is 2. The Morgan fingerprint density at radius 2 is 1.67 bits per heavy atom. The lowest BCUT2D eigenvalue weighted by atomic mass is 9.92. The molecule has 0 aliphatic rings. The van der Waals surface area contributed by atoms with Crippen molar-refractivity contribution in [1.29, 1.82) is 0 Å². The van der Waals surface area contributed by atoms with Crippen LogP contribution in [-0.4, -0.2) is 35.1 Å². The number of carboxylic acids is 1. The van der Waals surface area contributed by atoms with E-state index in [0.717, 1.165) is 16.9 Å². The van der Waals surface area contributed by atoms with Gasteiger partial charge >= 0.3 is 5.97 Å². The summed E-state index contributed by atoms with van der Waals surface area (Å²) in [5, 5.41) is 17.7. The Morgan fingerprint density at radius 3 is 2.27 bits per heavy atom. The van der Waals surface area contributed by atoms with Crippen LogP contribution in [0.1, 0.15) is 42.4 Å². The maximum Gasteiger partial charge on any atom is 0.337 e. The number of aromatic carboxylic acids is 1. The van der Waals surface area contributed by atoms with Crippen LogP contribution in [0.2, 0.25) is 0 Å². The molecule has 7 heteroatoms. The molecule has 2 N–H and O–H groups in total. The first-order chi connectivity index (χ1) is 14.1. The molecular formula is C23H27N3O4. The van der Waals surface area contributed by atoms with Crippen molar-refractivity contribution in [2.75, 3.05) is 19.5 Å². The molecule has 0 atom stereocenters. The van der Waals surface area contributed by atoms with Crippen molar-refractivity contribution >= 4 is 17.5 Å². The van der Waals surface area contributed by atoms with Crippen molar-refractivity contribution in [3.63, 3.8) is 0 Å². The normalized spacial score (nSPS) is 11.3. The zero-order chi connectivity index (χ0) is 22.1.